The first kappa shape index (κ1) is 19.6. The van der Waals surface area contributed by atoms with Crippen LogP contribution in [0.1, 0.15) is 16.8 Å². The van der Waals surface area contributed by atoms with E-state index >= 15 is 0 Å². The molecule has 0 saturated carbocycles. The van der Waals surface area contributed by atoms with Gasteiger partial charge in [-0.25, -0.2) is 4.68 Å². The molecule has 0 radical (unpaired) electrons. The first-order valence-corrected chi connectivity index (χ1v) is 9.19. The van der Waals surface area contributed by atoms with E-state index in [4.69, 9.17) is 4.74 Å². The summed E-state index contributed by atoms with van der Waals surface area (Å²) in [5.74, 6) is 1.41. The molecule has 1 amide bonds. The third-order valence-corrected chi connectivity index (χ3v) is 4.40. The fourth-order valence-corrected chi connectivity index (χ4v) is 3.00. The number of ether oxygens (including phenoxy) is 1. The number of likely N-dealkylation sites (N-methyl/N-ethyl adjacent to an activating group) is 1. The Balaban J connectivity index is 1.63. The number of amides is 1. The Hall–Kier alpha value is -3.12. The fraction of sp³-hybridized carbons (Fsp3) is 0.273. The Labute approximate surface area is 165 Å². The average Bonchev–Trinajstić information content (AvgIpc) is 3.02. The number of aryl methyl sites for hydroxylation is 2. The topological polar surface area (TPSA) is 59.4 Å². The Morgan fingerprint density at radius 2 is 1.79 bits per heavy atom. The van der Waals surface area contributed by atoms with Gasteiger partial charge in [-0.15, -0.1) is 0 Å². The molecule has 0 aliphatic carbocycles. The zero-order valence-corrected chi connectivity index (χ0v) is 16.8. The van der Waals surface area contributed by atoms with Gasteiger partial charge in [0.1, 0.15) is 11.6 Å². The van der Waals surface area contributed by atoms with E-state index in [9.17, 15) is 4.79 Å². The quantitative estimate of drug-likeness (QED) is 0.683. The molecule has 0 spiro atoms. The number of anilines is 1. The molecule has 1 aromatic heterocycles. The fourth-order valence-electron chi connectivity index (χ4n) is 3.00. The third-order valence-electron chi connectivity index (χ3n) is 4.40. The van der Waals surface area contributed by atoms with Crippen molar-refractivity contribution in [1.82, 2.24) is 14.7 Å². The van der Waals surface area contributed by atoms with Gasteiger partial charge in [0.25, 0.3) is 0 Å². The van der Waals surface area contributed by atoms with E-state index in [1.54, 1.807) is 11.8 Å². The maximum absolute atomic E-state index is 12.5. The highest BCUT2D eigenvalue weighted by Crippen LogP contribution is 2.18. The van der Waals surface area contributed by atoms with Crippen molar-refractivity contribution in [3.05, 3.63) is 71.4 Å². The highest BCUT2D eigenvalue weighted by molar-refractivity contribution is 5.91. The molecule has 0 saturated heterocycles. The molecule has 0 unspecified atom stereocenters. The number of aromatic nitrogens is 2. The van der Waals surface area contributed by atoms with Gasteiger partial charge in [0.2, 0.25) is 5.91 Å². The van der Waals surface area contributed by atoms with E-state index in [1.165, 1.54) is 5.56 Å². The molecule has 0 aliphatic heterocycles. The maximum Gasteiger partial charge on any atom is 0.239 e. The first-order chi connectivity index (χ1) is 13.4. The number of carbonyl (C=O) groups excluding carboxylic acids is 1. The summed E-state index contributed by atoms with van der Waals surface area (Å²) in [7, 11) is 3.57. The second kappa shape index (κ2) is 8.71. The van der Waals surface area contributed by atoms with E-state index < -0.39 is 0 Å². The summed E-state index contributed by atoms with van der Waals surface area (Å²) in [4.78, 5) is 14.5. The van der Waals surface area contributed by atoms with Gasteiger partial charge in [0, 0.05) is 12.6 Å². The van der Waals surface area contributed by atoms with Crippen LogP contribution in [-0.2, 0) is 11.3 Å². The number of benzene rings is 2. The summed E-state index contributed by atoms with van der Waals surface area (Å²) in [6, 6.07) is 17.8. The van der Waals surface area contributed by atoms with E-state index in [0.717, 1.165) is 22.7 Å². The van der Waals surface area contributed by atoms with Crippen molar-refractivity contribution in [3.63, 3.8) is 0 Å². The van der Waals surface area contributed by atoms with Crippen molar-refractivity contribution in [1.29, 1.82) is 0 Å². The van der Waals surface area contributed by atoms with E-state index in [0.29, 0.717) is 12.4 Å². The van der Waals surface area contributed by atoms with Gasteiger partial charge >= 0.3 is 0 Å². The summed E-state index contributed by atoms with van der Waals surface area (Å²) in [5, 5.41) is 7.48. The van der Waals surface area contributed by atoms with Crippen molar-refractivity contribution in [3.8, 4) is 11.4 Å². The Kier molecular flexibility index (Phi) is 6.11. The van der Waals surface area contributed by atoms with Gasteiger partial charge in [-0.3, -0.25) is 9.69 Å². The minimum atomic E-state index is -0.0794. The van der Waals surface area contributed by atoms with Crippen LogP contribution in [0.3, 0.4) is 0 Å². The molecule has 3 aromatic rings. The van der Waals surface area contributed by atoms with E-state index in [1.807, 2.05) is 80.4 Å². The standard InChI is InChI=1S/C22H26N4O2/c1-16-5-9-19(10-6-16)26-21(13-17(2)24-26)23-22(27)15-25(3)14-18-7-11-20(28-4)12-8-18/h5-13H,14-15H2,1-4H3,(H,23,27). The lowest BCUT2D eigenvalue weighted by Crippen LogP contribution is -2.30. The molecule has 1 N–H and O–H groups in total. The molecule has 3 rings (SSSR count). The SMILES string of the molecule is COc1ccc(CN(C)CC(=O)Nc2cc(C)nn2-c2ccc(C)cc2)cc1. The summed E-state index contributed by atoms with van der Waals surface area (Å²) >= 11 is 0. The normalized spacial score (nSPS) is 10.9. The molecule has 1 heterocycles. The Morgan fingerprint density at radius 3 is 2.43 bits per heavy atom. The number of hydrogen-bond acceptors (Lipinski definition) is 4. The number of rotatable bonds is 7. The van der Waals surface area contributed by atoms with Gasteiger partial charge in [-0.1, -0.05) is 29.8 Å². The predicted octanol–water partition coefficient (Wildman–Crippen LogP) is 3.57. The molecule has 0 aliphatic rings. The lowest BCUT2D eigenvalue weighted by atomic mass is 10.2. The number of hydrogen-bond donors (Lipinski definition) is 1. The van der Waals surface area contributed by atoms with E-state index in [-0.39, 0.29) is 12.5 Å². The van der Waals surface area contributed by atoms with Crippen LogP contribution in [0.15, 0.2) is 54.6 Å². The Morgan fingerprint density at radius 1 is 1.11 bits per heavy atom. The zero-order chi connectivity index (χ0) is 20.1. The van der Waals surface area contributed by atoms with Gasteiger partial charge in [0.05, 0.1) is 25.0 Å². The third kappa shape index (κ3) is 4.98. The molecular weight excluding hydrogens is 352 g/mol. The van der Waals surface area contributed by atoms with Crippen LogP contribution in [0, 0.1) is 13.8 Å². The van der Waals surface area contributed by atoms with Gasteiger partial charge in [-0.2, -0.15) is 5.10 Å². The predicted molar refractivity (Wildman–Crippen MR) is 111 cm³/mol. The van der Waals surface area contributed by atoms with Crippen LogP contribution < -0.4 is 10.1 Å². The monoisotopic (exact) mass is 378 g/mol. The average molecular weight is 378 g/mol. The molecule has 28 heavy (non-hydrogen) atoms. The first-order valence-electron chi connectivity index (χ1n) is 9.19. The lowest BCUT2D eigenvalue weighted by Gasteiger charge is -2.17. The molecule has 6 nitrogen and oxygen atoms in total. The number of methoxy groups -OCH3 is 1. The number of nitrogens with zero attached hydrogens (tertiary/aromatic N) is 3. The molecule has 0 bridgehead atoms. The second-order valence-electron chi connectivity index (χ2n) is 6.99. The Bertz CT molecular complexity index is 930. The van der Waals surface area contributed by atoms with Gasteiger partial charge < -0.3 is 10.1 Å². The summed E-state index contributed by atoms with van der Waals surface area (Å²) < 4.78 is 6.94. The molecule has 6 heteroatoms. The summed E-state index contributed by atoms with van der Waals surface area (Å²) in [6.07, 6.45) is 0. The largest absolute Gasteiger partial charge is 0.497 e. The van der Waals surface area contributed by atoms with Crippen LogP contribution >= 0.6 is 0 Å². The minimum absolute atomic E-state index is 0.0794. The van der Waals surface area contributed by atoms with Crippen molar-refractivity contribution < 1.29 is 9.53 Å². The number of carbonyl (C=O) groups is 1. The van der Waals surface area contributed by atoms with Crippen molar-refractivity contribution in [2.45, 2.75) is 20.4 Å². The van der Waals surface area contributed by atoms with Crippen molar-refractivity contribution in [2.24, 2.45) is 0 Å². The van der Waals surface area contributed by atoms with Crippen LogP contribution in [0.2, 0.25) is 0 Å². The molecule has 0 atom stereocenters. The van der Waals surface area contributed by atoms with Gasteiger partial charge in [0.15, 0.2) is 0 Å². The number of nitrogens with one attached hydrogen (secondary N) is 1. The molecule has 0 fully saturated rings. The molecular formula is C22H26N4O2. The van der Waals surface area contributed by atoms with Crippen LogP contribution in [0.25, 0.3) is 5.69 Å². The van der Waals surface area contributed by atoms with Gasteiger partial charge in [-0.05, 0) is 50.7 Å². The van der Waals surface area contributed by atoms with E-state index in [2.05, 4.69) is 10.4 Å². The summed E-state index contributed by atoms with van der Waals surface area (Å²) in [6.45, 7) is 4.91. The smallest absolute Gasteiger partial charge is 0.239 e. The molecule has 2 aromatic carbocycles. The highest BCUT2D eigenvalue weighted by atomic mass is 16.5. The van der Waals surface area contributed by atoms with Crippen molar-refractivity contribution >= 4 is 11.7 Å². The highest BCUT2D eigenvalue weighted by Gasteiger charge is 2.13. The second-order valence-corrected chi connectivity index (χ2v) is 6.99. The lowest BCUT2D eigenvalue weighted by molar-refractivity contribution is -0.117. The minimum Gasteiger partial charge on any atom is -0.497 e. The van der Waals surface area contributed by atoms with Crippen LogP contribution in [0.5, 0.6) is 5.75 Å². The maximum atomic E-state index is 12.5. The zero-order valence-electron chi connectivity index (χ0n) is 16.8. The van der Waals surface area contributed by atoms with Crippen molar-refractivity contribution in [2.75, 3.05) is 26.0 Å². The van der Waals surface area contributed by atoms with Crippen LogP contribution in [0.4, 0.5) is 5.82 Å². The summed E-state index contributed by atoms with van der Waals surface area (Å²) in [5.41, 5.74) is 4.07. The van der Waals surface area contributed by atoms with Crippen LogP contribution in [-0.4, -0.2) is 41.3 Å². The molecule has 146 valence electrons.